The van der Waals surface area contributed by atoms with E-state index in [-0.39, 0.29) is 6.54 Å². The van der Waals surface area contributed by atoms with Crippen molar-refractivity contribution in [2.45, 2.75) is 20.3 Å². The molecule has 1 aliphatic rings. The Bertz CT molecular complexity index is 780. The zero-order valence-electron chi connectivity index (χ0n) is 13.2. The molecular weight excluding hydrogens is 294 g/mol. The number of para-hydroxylation sites is 1. The maximum absolute atomic E-state index is 11.6. The van der Waals surface area contributed by atoms with E-state index in [0.29, 0.717) is 30.3 Å². The third kappa shape index (κ3) is 2.87. The van der Waals surface area contributed by atoms with Crippen LogP contribution in [0, 0.1) is 0 Å². The molecule has 0 saturated heterocycles. The summed E-state index contributed by atoms with van der Waals surface area (Å²) in [6, 6.07) is 9.70. The van der Waals surface area contributed by atoms with Gasteiger partial charge in [0.15, 0.2) is 11.5 Å². The average molecular weight is 313 g/mol. The Hall–Kier alpha value is -2.53. The minimum absolute atomic E-state index is 0.158. The molecule has 0 fully saturated rings. The Kier molecular flexibility index (Phi) is 4.21. The monoisotopic (exact) mass is 313 g/mol. The Morgan fingerprint density at radius 2 is 2.13 bits per heavy atom. The van der Waals surface area contributed by atoms with Gasteiger partial charge in [-0.05, 0) is 25.5 Å². The van der Waals surface area contributed by atoms with Crippen molar-refractivity contribution in [2.75, 3.05) is 13.2 Å². The number of ether oxygens (including phenoxy) is 2. The molecule has 1 aromatic heterocycles. The highest BCUT2D eigenvalue weighted by molar-refractivity contribution is 5.82. The number of furan rings is 1. The summed E-state index contributed by atoms with van der Waals surface area (Å²) in [5.74, 6) is 1.34. The van der Waals surface area contributed by atoms with Gasteiger partial charge in [-0.1, -0.05) is 25.1 Å². The van der Waals surface area contributed by atoms with Crippen molar-refractivity contribution in [3.8, 4) is 0 Å². The van der Waals surface area contributed by atoms with Crippen LogP contribution < -0.4 is 5.73 Å². The van der Waals surface area contributed by atoms with Crippen LogP contribution in [0.4, 0.5) is 0 Å². The van der Waals surface area contributed by atoms with Crippen LogP contribution in [0.25, 0.3) is 16.7 Å². The number of nitrogens with two attached hydrogens (primary N) is 1. The molecule has 0 radical (unpaired) electrons. The van der Waals surface area contributed by atoms with Crippen LogP contribution in [0.5, 0.6) is 0 Å². The molecule has 120 valence electrons. The summed E-state index contributed by atoms with van der Waals surface area (Å²) < 4.78 is 17.2. The van der Waals surface area contributed by atoms with Crippen molar-refractivity contribution in [3.63, 3.8) is 0 Å². The van der Waals surface area contributed by atoms with Gasteiger partial charge < -0.3 is 19.6 Å². The summed E-state index contributed by atoms with van der Waals surface area (Å²) in [5.41, 5.74) is 7.83. The fraction of sp³-hybridized carbons (Fsp3) is 0.278. The lowest BCUT2D eigenvalue weighted by Crippen LogP contribution is -2.20. The van der Waals surface area contributed by atoms with Gasteiger partial charge in [-0.15, -0.1) is 0 Å². The zero-order chi connectivity index (χ0) is 16.4. The highest BCUT2D eigenvalue weighted by Gasteiger charge is 2.26. The van der Waals surface area contributed by atoms with E-state index in [1.807, 2.05) is 44.2 Å². The second-order valence-corrected chi connectivity index (χ2v) is 5.39. The van der Waals surface area contributed by atoms with Crippen LogP contribution in [-0.4, -0.2) is 19.1 Å². The molecule has 23 heavy (non-hydrogen) atoms. The summed E-state index contributed by atoms with van der Waals surface area (Å²) in [5, 5.41) is 1.00. The van der Waals surface area contributed by atoms with Gasteiger partial charge in [-0.3, -0.25) is 4.79 Å². The quantitative estimate of drug-likeness (QED) is 0.876. The first-order valence-electron chi connectivity index (χ1n) is 7.59. The normalized spacial score (nSPS) is 15.1. The third-order valence-corrected chi connectivity index (χ3v) is 3.75. The molecular formula is C18H19NO4. The summed E-state index contributed by atoms with van der Waals surface area (Å²) in [4.78, 5) is 11.6. The maximum Gasteiger partial charge on any atom is 0.325 e. The maximum atomic E-state index is 11.6. The summed E-state index contributed by atoms with van der Waals surface area (Å²) in [7, 11) is 0. The van der Waals surface area contributed by atoms with Gasteiger partial charge in [0.2, 0.25) is 0 Å². The average Bonchev–Trinajstić information content (AvgIpc) is 3.00. The number of benzene rings is 1. The largest absolute Gasteiger partial charge is 0.485 e. The van der Waals surface area contributed by atoms with E-state index in [0.717, 1.165) is 22.1 Å². The molecule has 5 nitrogen and oxygen atoms in total. The van der Waals surface area contributed by atoms with Gasteiger partial charge >= 0.3 is 5.97 Å². The van der Waals surface area contributed by atoms with Crippen molar-refractivity contribution in [1.82, 2.24) is 0 Å². The molecule has 0 amide bonds. The number of hydrogen-bond acceptors (Lipinski definition) is 5. The number of carbonyl (C=O) groups excluding carboxylic acids is 1. The minimum atomic E-state index is -0.462. The minimum Gasteiger partial charge on any atom is -0.485 e. The van der Waals surface area contributed by atoms with Crippen LogP contribution in [0.3, 0.4) is 0 Å². The van der Waals surface area contributed by atoms with E-state index in [4.69, 9.17) is 19.6 Å². The number of allylic oxidation sites excluding steroid dienone is 1. The first-order valence-corrected chi connectivity index (χ1v) is 7.59. The van der Waals surface area contributed by atoms with Crippen LogP contribution in [0.15, 0.2) is 51.7 Å². The number of esters is 1. The van der Waals surface area contributed by atoms with E-state index in [2.05, 4.69) is 0 Å². The number of carbonyl (C=O) groups is 1. The van der Waals surface area contributed by atoms with Crippen molar-refractivity contribution in [2.24, 2.45) is 5.73 Å². The van der Waals surface area contributed by atoms with Gasteiger partial charge in [-0.25, -0.2) is 0 Å². The van der Waals surface area contributed by atoms with Crippen molar-refractivity contribution < 1.29 is 18.7 Å². The zero-order valence-corrected chi connectivity index (χ0v) is 13.2. The predicted molar refractivity (Wildman–Crippen MR) is 87.2 cm³/mol. The van der Waals surface area contributed by atoms with Crippen molar-refractivity contribution >= 4 is 22.7 Å². The Labute approximate surface area is 134 Å². The van der Waals surface area contributed by atoms with Crippen LogP contribution >= 0.6 is 0 Å². The van der Waals surface area contributed by atoms with Crippen LogP contribution in [0.2, 0.25) is 0 Å². The molecule has 0 saturated carbocycles. The topological polar surface area (TPSA) is 74.7 Å². The van der Waals surface area contributed by atoms with E-state index >= 15 is 0 Å². The van der Waals surface area contributed by atoms with Gasteiger partial charge in [0.05, 0.1) is 6.54 Å². The predicted octanol–water partition coefficient (Wildman–Crippen LogP) is 3.36. The van der Waals surface area contributed by atoms with Gasteiger partial charge in [0.1, 0.15) is 17.9 Å². The second kappa shape index (κ2) is 6.30. The highest BCUT2D eigenvalue weighted by Crippen LogP contribution is 2.36. The first kappa shape index (κ1) is 15.4. The molecule has 3 rings (SSSR count). The van der Waals surface area contributed by atoms with Crippen LogP contribution in [-0.2, 0) is 14.3 Å². The SMILES string of the molecule is CCC1=C(c2cc3ccccc3o2)OCC(C)=C1OC(=O)CN. The molecule has 0 spiro atoms. The lowest BCUT2D eigenvalue weighted by molar-refractivity contribution is -0.137. The Morgan fingerprint density at radius 3 is 2.83 bits per heavy atom. The molecule has 2 aromatic rings. The molecule has 1 aliphatic heterocycles. The molecule has 1 aromatic carbocycles. The smallest absolute Gasteiger partial charge is 0.325 e. The lowest BCUT2D eigenvalue weighted by Gasteiger charge is -2.23. The van der Waals surface area contributed by atoms with Crippen LogP contribution in [0.1, 0.15) is 26.0 Å². The molecule has 0 unspecified atom stereocenters. The molecule has 2 N–H and O–H groups in total. The third-order valence-electron chi connectivity index (χ3n) is 3.75. The number of fused-ring (bicyclic) bond motifs is 1. The summed E-state index contributed by atoms with van der Waals surface area (Å²) in [6.07, 6.45) is 0.650. The lowest BCUT2D eigenvalue weighted by atomic mass is 10.0. The van der Waals surface area contributed by atoms with E-state index < -0.39 is 5.97 Å². The molecule has 5 heteroatoms. The van der Waals surface area contributed by atoms with E-state index in [1.165, 1.54) is 0 Å². The number of hydrogen-bond donors (Lipinski definition) is 1. The van der Waals surface area contributed by atoms with Gasteiger partial charge in [0.25, 0.3) is 0 Å². The second-order valence-electron chi connectivity index (χ2n) is 5.39. The van der Waals surface area contributed by atoms with E-state index in [9.17, 15) is 4.79 Å². The summed E-state index contributed by atoms with van der Waals surface area (Å²) >= 11 is 0. The van der Waals surface area contributed by atoms with E-state index in [1.54, 1.807) is 0 Å². The Balaban J connectivity index is 2.08. The van der Waals surface area contributed by atoms with Gasteiger partial charge in [0, 0.05) is 16.5 Å². The molecule has 0 bridgehead atoms. The fourth-order valence-corrected chi connectivity index (χ4v) is 2.63. The van der Waals surface area contributed by atoms with Gasteiger partial charge in [-0.2, -0.15) is 0 Å². The first-order chi connectivity index (χ1) is 11.1. The fourth-order valence-electron chi connectivity index (χ4n) is 2.63. The number of rotatable bonds is 4. The highest BCUT2D eigenvalue weighted by atomic mass is 16.5. The van der Waals surface area contributed by atoms with Crippen molar-refractivity contribution in [3.05, 3.63) is 53.0 Å². The standard InChI is InChI=1S/C18H19NO4/c1-3-13-17(23-16(20)9-19)11(2)10-21-18(13)15-8-12-6-4-5-7-14(12)22-15/h4-8H,3,9-10,19H2,1-2H3. The van der Waals surface area contributed by atoms with Crippen molar-refractivity contribution in [1.29, 1.82) is 0 Å². The summed E-state index contributed by atoms with van der Waals surface area (Å²) in [6.45, 7) is 4.05. The molecule has 2 heterocycles. The molecule has 0 aliphatic carbocycles. The Morgan fingerprint density at radius 1 is 1.35 bits per heavy atom. The molecule has 0 atom stereocenters.